The third-order valence-electron chi connectivity index (χ3n) is 5.85. The second-order valence-electron chi connectivity index (χ2n) is 7.73. The van der Waals surface area contributed by atoms with E-state index in [-0.39, 0.29) is 28.5 Å². The molecular weight excluding hydrogens is 406 g/mol. The molecule has 10 heteroatoms. The first-order valence-electron chi connectivity index (χ1n) is 9.98. The van der Waals surface area contributed by atoms with Gasteiger partial charge in [-0.3, -0.25) is 13.9 Å². The molecule has 0 bridgehead atoms. The molecule has 1 unspecified atom stereocenters. The molecule has 160 valence electrons. The number of aryl methyl sites for hydroxylation is 2. The largest absolute Gasteiger partial charge is 0.336 e. The lowest BCUT2D eigenvalue weighted by Crippen LogP contribution is -2.39. The van der Waals surface area contributed by atoms with Crippen molar-refractivity contribution in [3.63, 3.8) is 0 Å². The molecule has 0 radical (unpaired) electrons. The minimum atomic E-state index is -3.62. The number of hydrogen-bond donors (Lipinski definition) is 1. The fourth-order valence-electron chi connectivity index (χ4n) is 3.97. The van der Waals surface area contributed by atoms with E-state index in [0.29, 0.717) is 18.8 Å². The van der Waals surface area contributed by atoms with Crippen LogP contribution in [0.25, 0.3) is 11.2 Å². The number of rotatable bonds is 4. The first-order chi connectivity index (χ1) is 14.2. The van der Waals surface area contributed by atoms with Crippen molar-refractivity contribution in [3.05, 3.63) is 56.5 Å². The van der Waals surface area contributed by atoms with E-state index in [4.69, 9.17) is 0 Å². The quantitative estimate of drug-likeness (QED) is 0.665. The minimum Gasteiger partial charge on any atom is -0.336 e. The molecule has 0 saturated carbocycles. The van der Waals surface area contributed by atoms with Crippen LogP contribution in [0.15, 0.2) is 38.8 Å². The summed E-state index contributed by atoms with van der Waals surface area (Å²) in [7, 11) is -0.635. The fraction of sp³-hybridized carbons (Fsp3) is 0.450. The molecule has 0 spiro atoms. The molecule has 4 rings (SSSR count). The third kappa shape index (κ3) is 3.29. The van der Waals surface area contributed by atoms with Gasteiger partial charge in [-0.1, -0.05) is 19.1 Å². The van der Waals surface area contributed by atoms with Crippen LogP contribution in [-0.4, -0.2) is 44.9 Å². The van der Waals surface area contributed by atoms with Gasteiger partial charge in [0.15, 0.2) is 5.65 Å². The van der Waals surface area contributed by atoms with Crippen LogP contribution in [0, 0.1) is 0 Å². The molecule has 1 aromatic carbocycles. The van der Waals surface area contributed by atoms with Crippen LogP contribution in [0.5, 0.6) is 0 Å². The first kappa shape index (κ1) is 20.5. The van der Waals surface area contributed by atoms with Gasteiger partial charge in [-0.05, 0) is 37.0 Å². The second kappa shape index (κ2) is 7.51. The predicted octanol–water partition coefficient (Wildman–Crippen LogP) is 1.09. The molecule has 1 aliphatic heterocycles. The van der Waals surface area contributed by atoms with Crippen molar-refractivity contribution >= 4 is 21.2 Å². The fourth-order valence-corrected chi connectivity index (χ4v) is 5.49. The molecule has 3 aromatic rings. The van der Waals surface area contributed by atoms with E-state index < -0.39 is 21.3 Å². The summed E-state index contributed by atoms with van der Waals surface area (Å²) in [6.45, 7) is 2.73. The van der Waals surface area contributed by atoms with Crippen LogP contribution in [-0.2, 0) is 30.5 Å². The Bertz CT molecular complexity index is 1320. The second-order valence-corrected chi connectivity index (χ2v) is 9.66. The molecule has 1 N–H and O–H groups in total. The molecule has 1 saturated heterocycles. The average molecular weight is 432 g/mol. The predicted molar refractivity (Wildman–Crippen MR) is 113 cm³/mol. The molecule has 30 heavy (non-hydrogen) atoms. The van der Waals surface area contributed by atoms with E-state index in [1.807, 2.05) is 19.1 Å². The maximum atomic E-state index is 13.1. The maximum Gasteiger partial charge on any atom is 0.332 e. The zero-order valence-electron chi connectivity index (χ0n) is 17.3. The topological polar surface area (TPSA) is 110 Å². The highest BCUT2D eigenvalue weighted by Gasteiger charge is 2.32. The number of sulfonamides is 1. The Kier molecular flexibility index (Phi) is 5.15. The van der Waals surface area contributed by atoms with Crippen LogP contribution < -0.4 is 11.2 Å². The van der Waals surface area contributed by atoms with Gasteiger partial charge in [0.1, 0.15) is 11.3 Å². The van der Waals surface area contributed by atoms with Crippen LogP contribution >= 0.6 is 0 Å². The molecule has 0 amide bonds. The van der Waals surface area contributed by atoms with Gasteiger partial charge in [-0.25, -0.2) is 18.2 Å². The average Bonchev–Trinajstić information content (AvgIpc) is 3.22. The lowest BCUT2D eigenvalue weighted by atomic mass is 9.99. The smallest absolute Gasteiger partial charge is 0.332 e. The Morgan fingerprint density at radius 1 is 1.13 bits per heavy atom. The van der Waals surface area contributed by atoms with Crippen LogP contribution in [0.1, 0.15) is 37.1 Å². The van der Waals surface area contributed by atoms with Gasteiger partial charge in [-0.15, -0.1) is 0 Å². The van der Waals surface area contributed by atoms with Gasteiger partial charge < -0.3 is 4.98 Å². The van der Waals surface area contributed by atoms with Gasteiger partial charge in [0.05, 0.1) is 4.90 Å². The number of nitrogens with zero attached hydrogens (tertiary/aromatic N) is 4. The SMILES string of the molecule is CCc1ccc(S(=O)(=O)N2CCCC(c3nc4c([nH]3)c(=O)n(C)c(=O)n4C)C2)cc1. The van der Waals surface area contributed by atoms with Crippen molar-refractivity contribution in [1.29, 1.82) is 0 Å². The monoisotopic (exact) mass is 431 g/mol. The Balaban J connectivity index is 1.67. The standard InChI is InChI=1S/C20H25N5O4S/c1-4-13-7-9-15(10-8-13)30(28,29)25-11-5-6-14(12-25)17-21-16-18(22-17)23(2)20(27)24(3)19(16)26/h7-10,14H,4-6,11-12H2,1-3H3,(H,21,22). The summed E-state index contributed by atoms with van der Waals surface area (Å²) < 4.78 is 30.1. The van der Waals surface area contributed by atoms with Crippen LogP contribution in [0.2, 0.25) is 0 Å². The van der Waals surface area contributed by atoms with Crippen molar-refractivity contribution in [3.8, 4) is 0 Å². The molecule has 1 fully saturated rings. The number of H-pyrrole nitrogens is 1. The van der Waals surface area contributed by atoms with Crippen LogP contribution in [0.3, 0.4) is 0 Å². The van der Waals surface area contributed by atoms with Crippen molar-refractivity contribution in [2.75, 3.05) is 13.1 Å². The van der Waals surface area contributed by atoms with Gasteiger partial charge in [0.2, 0.25) is 10.0 Å². The summed E-state index contributed by atoms with van der Waals surface area (Å²) in [5.74, 6) is 0.347. The van der Waals surface area contributed by atoms with E-state index >= 15 is 0 Å². The number of imidazole rings is 1. The summed E-state index contributed by atoms with van der Waals surface area (Å²) >= 11 is 0. The number of piperidine rings is 1. The van der Waals surface area contributed by atoms with E-state index in [1.165, 1.54) is 15.9 Å². The first-order valence-corrected chi connectivity index (χ1v) is 11.4. The Morgan fingerprint density at radius 3 is 2.50 bits per heavy atom. The summed E-state index contributed by atoms with van der Waals surface area (Å²) in [6, 6.07) is 6.98. The van der Waals surface area contributed by atoms with E-state index in [1.54, 1.807) is 19.2 Å². The minimum absolute atomic E-state index is 0.185. The molecular formula is C20H25N5O4S. The zero-order chi connectivity index (χ0) is 21.6. The van der Waals surface area contributed by atoms with Crippen molar-refractivity contribution < 1.29 is 8.42 Å². The summed E-state index contributed by atoms with van der Waals surface area (Å²) in [5, 5.41) is 0. The lowest BCUT2D eigenvalue weighted by molar-refractivity contribution is 0.310. The normalized spacial score (nSPS) is 18.2. The number of aromatic nitrogens is 4. The summed E-state index contributed by atoms with van der Waals surface area (Å²) in [6.07, 6.45) is 2.28. The molecule has 3 heterocycles. The van der Waals surface area contributed by atoms with Gasteiger partial charge >= 0.3 is 5.69 Å². The third-order valence-corrected chi connectivity index (χ3v) is 7.73. The molecule has 1 aliphatic rings. The highest BCUT2D eigenvalue weighted by atomic mass is 32.2. The number of benzene rings is 1. The number of nitrogens with one attached hydrogen (secondary N) is 1. The number of hydrogen-bond acceptors (Lipinski definition) is 5. The van der Waals surface area contributed by atoms with Gasteiger partial charge in [0, 0.05) is 33.1 Å². The van der Waals surface area contributed by atoms with Gasteiger partial charge in [0.25, 0.3) is 5.56 Å². The maximum absolute atomic E-state index is 13.1. The van der Waals surface area contributed by atoms with Gasteiger partial charge in [-0.2, -0.15) is 4.31 Å². The Hall–Kier alpha value is -2.72. The highest BCUT2D eigenvalue weighted by Crippen LogP contribution is 2.29. The molecule has 9 nitrogen and oxygen atoms in total. The van der Waals surface area contributed by atoms with E-state index in [0.717, 1.165) is 23.0 Å². The number of fused-ring (bicyclic) bond motifs is 1. The summed E-state index contributed by atoms with van der Waals surface area (Å²) in [4.78, 5) is 32.4. The highest BCUT2D eigenvalue weighted by molar-refractivity contribution is 7.89. The molecule has 2 aromatic heterocycles. The lowest BCUT2D eigenvalue weighted by Gasteiger charge is -2.31. The van der Waals surface area contributed by atoms with E-state index in [2.05, 4.69) is 9.97 Å². The van der Waals surface area contributed by atoms with E-state index in [9.17, 15) is 18.0 Å². The van der Waals surface area contributed by atoms with Crippen LogP contribution in [0.4, 0.5) is 0 Å². The Labute approximate surface area is 174 Å². The van der Waals surface area contributed by atoms with Crippen molar-refractivity contribution in [1.82, 2.24) is 23.4 Å². The summed E-state index contributed by atoms with van der Waals surface area (Å²) in [5.41, 5.74) is 0.731. The Morgan fingerprint density at radius 2 is 1.83 bits per heavy atom. The zero-order valence-corrected chi connectivity index (χ0v) is 18.1. The van der Waals surface area contributed by atoms with Crippen molar-refractivity contribution in [2.45, 2.75) is 37.0 Å². The molecule has 0 aliphatic carbocycles. The molecule has 1 atom stereocenters. The number of aromatic amines is 1. The van der Waals surface area contributed by atoms with Crippen molar-refractivity contribution in [2.24, 2.45) is 14.1 Å².